The standard InChI is InChI=1S/C13H13F3O2/c1-8-10(12-7-9(17)5-6-18-12)3-2-4-11(8)13(14,15)16/h2-4,12H,5-7H2,1H3. The molecule has 0 saturated carbocycles. The summed E-state index contributed by atoms with van der Waals surface area (Å²) in [6.45, 7) is 1.69. The molecular formula is C13H13F3O2. The van der Waals surface area contributed by atoms with Gasteiger partial charge in [-0.1, -0.05) is 12.1 Å². The molecule has 0 bridgehead atoms. The fourth-order valence-electron chi connectivity index (χ4n) is 2.19. The zero-order chi connectivity index (χ0) is 13.3. The first kappa shape index (κ1) is 13.1. The van der Waals surface area contributed by atoms with E-state index in [1.54, 1.807) is 6.07 Å². The van der Waals surface area contributed by atoms with Crippen LogP contribution >= 0.6 is 0 Å². The summed E-state index contributed by atoms with van der Waals surface area (Å²) in [7, 11) is 0. The Morgan fingerprint density at radius 2 is 2.06 bits per heavy atom. The topological polar surface area (TPSA) is 26.3 Å². The van der Waals surface area contributed by atoms with Crippen LogP contribution in [0.5, 0.6) is 0 Å². The molecule has 5 heteroatoms. The Balaban J connectivity index is 2.37. The average Bonchev–Trinajstić information content (AvgIpc) is 2.27. The van der Waals surface area contributed by atoms with Crippen molar-refractivity contribution < 1.29 is 22.7 Å². The van der Waals surface area contributed by atoms with Crippen molar-refractivity contribution in [3.63, 3.8) is 0 Å². The Hall–Kier alpha value is -1.36. The van der Waals surface area contributed by atoms with E-state index in [-0.39, 0.29) is 24.4 Å². The second kappa shape index (κ2) is 4.72. The van der Waals surface area contributed by atoms with Crippen molar-refractivity contribution in [3.8, 4) is 0 Å². The van der Waals surface area contributed by atoms with Gasteiger partial charge in [0, 0.05) is 12.8 Å². The van der Waals surface area contributed by atoms with E-state index in [9.17, 15) is 18.0 Å². The number of carbonyl (C=O) groups is 1. The molecule has 18 heavy (non-hydrogen) atoms. The van der Waals surface area contributed by atoms with Crippen LogP contribution in [0.4, 0.5) is 13.2 Å². The largest absolute Gasteiger partial charge is 0.416 e. The number of hydrogen-bond acceptors (Lipinski definition) is 2. The van der Waals surface area contributed by atoms with Crippen LogP contribution in [0.15, 0.2) is 18.2 Å². The van der Waals surface area contributed by atoms with Gasteiger partial charge in [-0.25, -0.2) is 0 Å². The molecule has 1 heterocycles. The van der Waals surface area contributed by atoms with Crippen LogP contribution in [0, 0.1) is 6.92 Å². The zero-order valence-corrected chi connectivity index (χ0v) is 9.88. The number of ether oxygens (including phenoxy) is 1. The third-order valence-electron chi connectivity index (χ3n) is 3.14. The normalized spacial score (nSPS) is 21.1. The summed E-state index contributed by atoms with van der Waals surface area (Å²) in [6, 6.07) is 3.99. The van der Waals surface area contributed by atoms with Crippen molar-refractivity contribution in [2.75, 3.05) is 6.61 Å². The molecule has 1 aliphatic rings. The van der Waals surface area contributed by atoms with Crippen molar-refractivity contribution in [3.05, 3.63) is 34.9 Å². The third-order valence-corrected chi connectivity index (χ3v) is 3.14. The van der Waals surface area contributed by atoms with Gasteiger partial charge in [0.25, 0.3) is 0 Å². The van der Waals surface area contributed by atoms with Gasteiger partial charge in [0.15, 0.2) is 0 Å². The monoisotopic (exact) mass is 258 g/mol. The molecule has 98 valence electrons. The van der Waals surface area contributed by atoms with Gasteiger partial charge < -0.3 is 4.74 Å². The lowest BCUT2D eigenvalue weighted by Crippen LogP contribution is -2.21. The number of carbonyl (C=O) groups excluding carboxylic acids is 1. The van der Waals surface area contributed by atoms with E-state index in [4.69, 9.17) is 4.74 Å². The van der Waals surface area contributed by atoms with Gasteiger partial charge in [-0.05, 0) is 24.1 Å². The van der Waals surface area contributed by atoms with Gasteiger partial charge in [-0.3, -0.25) is 4.79 Å². The van der Waals surface area contributed by atoms with Crippen molar-refractivity contribution in [2.24, 2.45) is 0 Å². The molecule has 1 aliphatic heterocycles. The Labute approximate surface area is 103 Å². The van der Waals surface area contributed by atoms with Gasteiger partial charge in [0.1, 0.15) is 5.78 Å². The maximum absolute atomic E-state index is 12.8. The highest BCUT2D eigenvalue weighted by molar-refractivity contribution is 5.79. The number of rotatable bonds is 1. The molecule has 1 unspecified atom stereocenters. The molecule has 0 aromatic heterocycles. The molecule has 0 spiro atoms. The molecule has 0 radical (unpaired) electrons. The van der Waals surface area contributed by atoms with Crippen LogP contribution < -0.4 is 0 Å². The quantitative estimate of drug-likeness (QED) is 0.771. The van der Waals surface area contributed by atoms with Gasteiger partial charge in [0.2, 0.25) is 0 Å². The van der Waals surface area contributed by atoms with E-state index in [1.165, 1.54) is 13.0 Å². The van der Waals surface area contributed by atoms with Crippen LogP contribution in [-0.2, 0) is 15.7 Å². The average molecular weight is 258 g/mol. The number of halogens is 3. The predicted octanol–water partition coefficient (Wildman–Crippen LogP) is 3.43. The van der Waals surface area contributed by atoms with Crippen molar-refractivity contribution in [1.82, 2.24) is 0 Å². The summed E-state index contributed by atoms with van der Waals surface area (Å²) in [5.74, 6) is 0.0306. The van der Waals surface area contributed by atoms with E-state index < -0.39 is 17.8 Å². The maximum Gasteiger partial charge on any atom is 0.416 e. The third kappa shape index (κ3) is 2.56. The Bertz CT molecular complexity index is 466. The first-order valence-electron chi connectivity index (χ1n) is 5.69. The second-order valence-electron chi connectivity index (χ2n) is 4.37. The number of alkyl halides is 3. The predicted molar refractivity (Wildman–Crippen MR) is 59.1 cm³/mol. The first-order valence-corrected chi connectivity index (χ1v) is 5.69. The molecule has 1 aromatic carbocycles. The second-order valence-corrected chi connectivity index (χ2v) is 4.37. The van der Waals surface area contributed by atoms with Crippen LogP contribution in [0.25, 0.3) is 0 Å². The van der Waals surface area contributed by atoms with E-state index in [0.717, 1.165) is 6.07 Å². The van der Waals surface area contributed by atoms with E-state index in [2.05, 4.69) is 0 Å². The number of ketones is 1. The minimum Gasteiger partial charge on any atom is -0.373 e. The summed E-state index contributed by atoms with van der Waals surface area (Å²) >= 11 is 0. The fourth-order valence-corrected chi connectivity index (χ4v) is 2.19. The summed E-state index contributed by atoms with van der Waals surface area (Å²) in [6.07, 6.45) is -4.43. The smallest absolute Gasteiger partial charge is 0.373 e. The van der Waals surface area contributed by atoms with Crippen molar-refractivity contribution in [1.29, 1.82) is 0 Å². The van der Waals surface area contributed by atoms with Crippen LogP contribution in [0.3, 0.4) is 0 Å². The number of benzene rings is 1. The number of Topliss-reactive ketones (excluding diaryl/α,β-unsaturated/α-hetero) is 1. The van der Waals surface area contributed by atoms with Gasteiger partial charge in [-0.2, -0.15) is 13.2 Å². The van der Waals surface area contributed by atoms with Crippen LogP contribution in [-0.4, -0.2) is 12.4 Å². The van der Waals surface area contributed by atoms with E-state index >= 15 is 0 Å². The van der Waals surface area contributed by atoms with Crippen molar-refractivity contribution >= 4 is 5.78 Å². The van der Waals surface area contributed by atoms with Crippen LogP contribution in [0.2, 0.25) is 0 Å². The Morgan fingerprint density at radius 1 is 1.33 bits per heavy atom. The summed E-state index contributed by atoms with van der Waals surface area (Å²) in [4.78, 5) is 11.3. The minimum absolute atomic E-state index is 0.0306. The van der Waals surface area contributed by atoms with Gasteiger partial charge in [0.05, 0.1) is 18.3 Å². The lowest BCUT2D eigenvalue weighted by atomic mass is 9.93. The molecule has 1 fully saturated rings. The lowest BCUT2D eigenvalue weighted by Gasteiger charge is -2.25. The highest BCUT2D eigenvalue weighted by Crippen LogP contribution is 2.36. The molecule has 1 atom stereocenters. The summed E-state index contributed by atoms with van der Waals surface area (Å²) in [5.41, 5.74) is -0.0656. The highest BCUT2D eigenvalue weighted by atomic mass is 19.4. The first-order chi connectivity index (χ1) is 8.39. The Kier molecular flexibility index (Phi) is 3.43. The van der Waals surface area contributed by atoms with Crippen molar-refractivity contribution in [2.45, 2.75) is 32.0 Å². The molecule has 0 amide bonds. The van der Waals surface area contributed by atoms with Crippen LogP contribution in [0.1, 0.15) is 35.6 Å². The zero-order valence-electron chi connectivity index (χ0n) is 9.88. The SMILES string of the molecule is Cc1c(C2CC(=O)CCO2)cccc1C(F)(F)F. The van der Waals surface area contributed by atoms with E-state index in [1.807, 2.05) is 0 Å². The summed E-state index contributed by atoms with van der Waals surface area (Å²) < 4.78 is 43.7. The molecular weight excluding hydrogens is 245 g/mol. The van der Waals surface area contributed by atoms with Gasteiger partial charge >= 0.3 is 6.18 Å². The molecule has 2 rings (SSSR count). The molecule has 1 aromatic rings. The highest BCUT2D eigenvalue weighted by Gasteiger charge is 2.34. The minimum atomic E-state index is -4.38. The fraction of sp³-hybridized carbons (Fsp3) is 0.462. The summed E-state index contributed by atoms with van der Waals surface area (Å²) in [5, 5.41) is 0. The molecule has 2 nitrogen and oxygen atoms in total. The Morgan fingerprint density at radius 3 is 2.67 bits per heavy atom. The molecule has 0 aliphatic carbocycles. The lowest BCUT2D eigenvalue weighted by molar-refractivity contribution is -0.138. The molecule has 1 saturated heterocycles. The molecule has 0 N–H and O–H groups in total. The van der Waals surface area contributed by atoms with E-state index in [0.29, 0.717) is 12.0 Å². The maximum atomic E-state index is 12.8. The number of hydrogen-bond donors (Lipinski definition) is 0. The van der Waals surface area contributed by atoms with Gasteiger partial charge in [-0.15, -0.1) is 0 Å².